The molecule has 0 saturated carbocycles. The average molecular weight is 360 g/mol. The first kappa shape index (κ1) is 18.2. The van der Waals surface area contributed by atoms with E-state index in [0.29, 0.717) is 24.0 Å². The Hall–Kier alpha value is -2.64. The number of nitrogens with zero attached hydrogens (tertiary/aromatic N) is 6. The third-order valence-electron chi connectivity index (χ3n) is 4.40. The lowest BCUT2D eigenvalue weighted by atomic mass is 10.0. The molecule has 3 heterocycles. The van der Waals surface area contributed by atoms with Crippen molar-refractivity contribution in [3.8, 4) is 0 Å². The van der Waals surface area contributed by atoms with E-state index in [0.717, 1.165) is 25.3 Å². The molecule has 0 aromatic carbocycles. The summed E-state index contributed by atoms with van der Waals surface area (Å²) in [5.41, 5.74) is 0.212. The van der Waals surface area contributed by atoms with Crippen LogP contribution in [0.4, 0.5) is 14.6 Å². The molecule has 1 unspecified atom stereocenters. The Morgan fingerprint density at radius 3 is 3.04 bits per heavy atom. The van der Waals surface area contributed by atoms with Crippen molar-refractivity contribution in [1.29, 1.82) is 0 Å². The second-order valence-electron chi connectivity index (χ2n) is 6.45. The summed E-state index contributed by atoms with van der Waals surface area (Å²) in [5, 5.41) is 0. The van der Waals surface area contributed by atoms with Crippen LogP contribution in [0.5, 0.6) is 0 Å². The van der Waals surface area contributed by atoms with Crippen LogP contribution in [0, 0.1) is 5.92 Å². The number of hydrogen-bond donors (Lipinski definition) is 0. The van der Waals surface area contributed by atoms with Crippen LogP contribution in [-0.2, 0) is 0 Å². The molecule has 6 nitrogen and oxygen atoms in total. The minimum atomic E-state index is -2.64. The van der Waals surface area contributed by atoms with E-state index >= 15 is 0 Å². The quantitative estimate of drug-likeness (QED) is 0.757. The van der Waals surface area contributed by atoms with Gasteiger partial charge in [0.05, 0.1) is 12.7 Å². The molecule has 0 radical (unpaired) electrons. The molecule has 0 amide bonds. The van der Waals surface area contributed by atoms with Gasteiger partial charge in [-0.05, 0) is 31.5 Å². The summed E-state index contributed by atoms with van der Waals surface area (Å²) < 4.78 is 26.0. The number of halogens is 2. The van der Waals surface area contributed by atoms with E-state index in [1.807, 2.05) is 6.07 Å². The summed E-state index contributed by atoms with van der Waals surface area (Å²) in [6, 6.07) is 1.87. The van der Waals surface area contributed by atoms with Crippen molar-refractivity contribution in [3.63, 3.8) is 0 Å². The highest BCUT2D eigenvalue weighted by Crippen LogP contribution is 2.25. The molecule has 1 atom stereocenters. The van der Waals surface area contributed by atoms with Crippen molar-refractivity contribution < 1.29 is 8.78 Å². The lowest BCUT2D eigenvalue weighted by Crippen LogP contribution is -2.35. The van der Waals surface area contributed by atoms with Gasteiger partial charge in [0, 0.05) is 31.7 Å². The van der Waals surface area contributed by atoms with Crippen LogP contribution < -0.4 is 4.90 Å². The fourth-order valence-corrected chi connectivity index (χ4v) is 3.15. The summed E-state index contributed by atoms with van der Waals surface area (Å²) in [6.07, 6.45) is 5.61. The molecule has 138 valence electrons. The third kappa shape index (κ3) is 4.12. The molecule has 0 bridgehead atoms. The van der Waals surface area contributed by atoms with Gasteiger partial charge < -0.3 is 9.80 Å². The fourth-order valence-electron chi connectivity index (χ4n) is 3.15. The smallest absolute Gasteiger partial charge is 0.281 e. The average Bonchev–Trinajstić information content (AvgIpc) is 2.66. The lowest BCUT2D eigenvalue weighted by Gasteiger charge is -2.32. The van der Waals surface area contributed by atoms with Gasteiger partial charge in [-0.3, -0.25) is 9.98 Å². The molecule has 1 fully saturated rings. The zero-order valence-corrected chi connectivity index (χ0v) is 14.7. The summed E-state index contributed by atoms with van der Waals surface area (Å²) in [7, 11) is 0. The summed E-state index contributed by atoms with van der Waals surface area (Å²) in [4.78, 5) is 20.4. The number of rotatable bonds is 5. The highest BCUT2D eigenvalue weighted by molar-refractivity contribution is 5.70. The molecular formula is C18H22F2N6. The van der Waals surface area contributed by atoms with E-state index in [4.69, 9.17) is 0 Å². The van der Waals surface area contributed by atoms with Crippen molar-refractivity contribution in [3.05, 3.63) is 36.2 Å². The minimum absolute atomic E-state index is 0.299. The van der Waals surface area contributed by atoms with E-state index in [2.05, 4.69) is 38.5 Å². The van der Waals surface area contributed by atoms with Gasteiger partial charge in [0.15, 0.2) is 5.82 Å². The first-order valence-corrected chi connectivity index (χ1v) is 8.62. The number of allylic oxidation sites excluding steroid dienone is 1. The largest absolute Gasteiger partial charge is 0.356 e. The SMILES string of the molecule is C=N/C=C(/c1nccc(N2CCCC(C)C2)n1)N1C=C(C(F)F)N=CC1. The number of anilines is 1. The predicted octanol–water partition coefficient (Wildman–Crippen LogP) is 3.20. The maximum atomic E-state index is 13.0. The summed E-state index contributed by atoms with van der Waals surface area (Å²) in [5.74, 6) is 1.87. The Labute approximate surface area is 151 Å². The van der Waals surface area contributed by atoms with Crippen LogP contribution in [0.1, 0.15) is 25.6 Å². The fraction of sp³-hybridized carbons (Fsp3) is 0.444. The molecule has 2 aliphatic heterocycles. The van der Waals surface area contributed by atoms with Crippen molar-refractivity contribution in [2.75, 3.05) is 24.5 Å². The number of alkyl halides is 2. The van der Waals surface area contributed by atoms with Gasteiger partial charge in [-0.2, -0.15) is 0 Å². The summed E-state index contributed by atoms with van der Waals surface area (Å²) >= 11 is 0. The van der Waals surface area contributed by atoms with Gasteiger partial charge >= 0.3 is 0 Å². The molecule has 0 N–H and O–H groups in total. The maximum Gasteiger partial charge on any atom is 0.281 e. The third-order valence-corrected chi connectivity index (χ3v) is 4.40. The lowest BCUT2D eigenvalue weighted by molar-refractivity contribution is 0.185. The Kier molecular flexibility index (Phi) is 5.70. The molecule has 3 rings (SSSR count). The van der Waals surface area contributed by atoms with Crippen LogP contribution in [0.25, 0.3) is 5.70 Å². The second kappa shape index (κ2) is 8.16. The standard InChI is InChI=1S/C18H22F2N6/c1-13-4-3-8-26(11-13)16-5-6-23-18(24-16)15(10-21-2)25-9-7-22-14(12-25)17(19)20/h5-7,10,12-13,17H,2-4,8-9,11H2,1H3/b15-10-. The van der Waals surface area contributed by atoms with Crippen LogP contribution >= 0.6 is 0 Å². The number of aliphatic imine (C=N–C) groups is 2. The molecule has 1 aromatic heterocycles. The van der Waals surface area contributed by atoms with E-state index in [9.17, 15) is 8.78 Å². The zero-order valence-electron chi connectivity index (χ0n) is 14.7. The Bertz CT molecular complexity index is 743. The Morgan fingerprint density at radius 1 is 1.46 bits per heavy atom. The molecular weight excluding hydrogens is 338 g/mol. The van der Waals surface area contributed by atoms with E-state index in [1.54, 1.807) is 11.1 Å². The van der Waals surface area contributed by atoms with Crippen molar-refractivity contribution in [2.24, 2.45) is 15.9 Å². The second-order valence-corrected chi connectivity index (χ2v) is 6.45. The van der Waals surface area contributed by atoms with Crippen molar-refractivity contribution in [1.82, 2.24) is 14.9 Å². The van der Waals surface area contributed by atoms with Crippen LogP contribution in [0.2, 0.25) is 0 Å². The summed E-state index contributed by atoms with van der Waals surface area (Å²) in [6.45, 7) is 7.94. The van der Waals surface area contributed by atoms with Crippen molar-refractivity contribution >= 4 is 24.4 Å². The van der Waals surface area contributed by atoms with E-state index in [-0.39, 0.29) is 5.70 Å². The van der Waals surface area contributed by atoms with Gasteiger partial charge in [-0.15, -0.1) is 0 Å². The monoisotopic (exact) mass is 360 g/mol. The molecule has 2 aliphatic rings. The first-order valence-electron chi connectivity index (χ1n) is 8.62. The highest BCUT2D eigenvalue weighted by atomic mass is 19.3. The first-order chi connectivity index (χ1) is 12.6. The number of piperidine rings is 1. The van der Waals surface area contributed by atoms with E-state index < -0.39 is 6.43 Å². The predicted molar refractivity (Wildman–Crippen MR) is 99.5 cm³/mol. The minimum Gasteiger partial charge on any atom is -0.356 e. The normalized spacial score (nSPS) is 21.2. The van der Waals surface area contributed by atoms with Gasteiger partial charge in [0.2, 0.25) is 0 Å². The topological polar surface area (TPSA) is 57.0 Å². The van der Waals surface area contributed by atoms with Crippen LogP contribution in [0.3, 0.4) is 0 Å². The number of aromatic nitrogens is 2. The molecule has 0 spiro atoms. The van der Waals surface area contributed by atoms with Gasteiger partial charge in [0.1, 0.15) is 17.2 Å². The highest BCUT2D eigenvalue weighted by Gasteiger charge is 2.22. The Balaban J connectivity index is 1.89. The molecule has 1 aromatic rings. The van der Waals surface area contributed by atoms with Crippen LogP contribution in [0.15, 0.2) is 40.3 Å². The van der Waals surface area contributed by atoms with E-state index in [1.165, 1.54) is 25.0 Å². The van der Waals surface area contributed by atoms with Crippen LogP contribution in [-0.4, -0.2) is 53.9 Å². The Morgan fingerprint density at radius 2 is 2.31 bits per heavy atom. The van der Waals surface area contributed by atoms with Crippen molar-refractivity contribution in [2.45, 2.75) is 26.2 Å². The molecule has 0 aliphatic carbocycles. The maximum absolute atomic E-state index is 13.0. The van der Waals surface area contributed by atoms with Gasteiger partial charge in [-0.25, -0.2) is 18.7 Å². The van der Waals surface area contributed by atoms with Gasteiger partial charge in [0.25, 0.3) is 6.43 Å². The van der Waals surface area contributed by atoms with Gasteiger partial charge in [-0.1, -0.05) is 6.92 Å². The molecule has 8 heteroatoms. The zero-order chi connectivity index (χ0) is 18.5. The molecule has 1 saturated heterocycles. The number of hydrogen-bond acceptors (Lipinski definition) is 6. The molecule has 26 heavy (non-hydrogen) atoms.